The monoisotopic (exact) mass is 424 g/mol. The Bertz CT molecular complexity index is 1220. The molecule has 0 aliphatic rings. The number of nitrogens with one attached hydrogen (secondary N) is 2. The second-order valence-corrected chi connectivity index (χ2v) is 7.11. The van der Waals surface area contributed by atoms with Crippen LogP contribution in [0.2, 0.25) is 5.02 Å². The molecule has 0 amide bonds. The summed E-state index contributed by atoms with van der Waals surface area (Å²) in [6.45, 7) is 1.98. The molecule has 0 atom stereocenters. The summed E-state index contributed by atoms with van der Waals surface area (Å²) in [6.07, 6.45) is 1.74. The summed E-state index contributed by atoms with van der Waals surface area (Å²) in [7, 11) is 5.05. The summed E-state index contributed by atoms with van der Waals surface area (Å²) in [6, 6.07) is 11.1. The number of benzene rings is 2. The lowest BCUT2D eigenvalue weighted by molar-refractivity contribution is 0.395. The van der Waals surface area contributed by atoms with Crippen LogP contribution >= 0.6 is 11.6 Å². The zero-order valence-corrected chi connectivity index (χ0v) is 17.8. The molecule has 0 bridgehead atoms. The molecule has 4 aromatic rings. The fraction of sp³-hybridized carbons (Fsp3) is 0.190. The lowest BCUT2D eigenvalue weighted by atomic mass is 10.2. The standard InChI is InChI=1S/C21H21ClN6O2/c1-12-9-13(22)5-7-16(12)24-19-15-11-23-28(2)20(15)27-21(26-19)25-17-8-6-14(29-3)10-18(17)30-4/h5-11H,1-4H3,(H2,24,25,26,27). The maximum atomic E-state index is 6.09. The van der Waals surface area contributed by atoms with Crippen molar-refractivity contribution in [2.75, 3.05) is 24.9 Å². The third-order valence-corrected chi connectivity index (χ3v) is 4.92. The van der Waals surface area contributed by atoms with E-state index in [1.165, 1.54) is 0 Å². The normalized spacial score (nSPS) is 10.8. The molecule has 0 unspecified atom stereocenters. The van der Waals surface area contributed by atoms with Crippen LogP contribution in [0.4, 0.5) is 23.1 Å². The highest BCUT2D eigenvalue weighted by Crippen LogP contribution is 2.33. The van der Waals surface area contributed by atoms with E-state index in [1.807, 2.05) is 44.3 Å². The van der Waals surface area contributed by atoms with E-state index in [0.717, 1.165) is 16.6 Å². The Balaban J connectivity index is 1.75. The van der Waals surface area contributed by atoms with E-state index in [1.54, 1.807) is 31.2 Å². The van der Waals surface area contributed by atoms with E-state index in [9.17, 15) is 0 Å². The number of fused-ring (bicyclic) bond motifs is 1. The molecule has 2 N–H and O–H groups in total. The third-order valence-electron chi connectivity index (χ3n) is 4.69. The number of nitrogens with zero attached hydrogens (tertiary/aromatic N) is 4. The predicted molar refractivity (Wildman–Crippen MR) is 119 cm³/mol. The van der Waals surface area contributed by atoms with Crippen LogP contribution in [0.25, 0.3) is 11.0 Å². The van der Waals surface area contributed by atoms with E-state index in [-0.39, 0.29) is 0 Å². The molecule has 0 fully saturated rings. The number of aromatic nitrogens is 4. The van der Waals surface area contributed by atoms with Gasteiger partial charge in [0.05, 0.1) is 31.5 Å². The van der Waals surface area contributed by atoms with Gasteiger partial charge in [0.2, 0.25) is 5.95 Å². The minimum atomic E-state index is 0.406. The number of hydrogen-bond donors (Lipinski definition) is 2. The zero-order valence-electron chi connectivity index (χ0n) is 17.0. The maximum absolute atomic E-state index is 6.09. The van der Waals surface area contributed by atoms with Crippen LogP contribution in [-0.4, -0.2) is 34.0 Å². The summed E-state index contributed by atoms with van der Waals surface area (Å²) in [4.78, 5) is 9.30. The van der Waals surface area contributed by atoms with Crippen molar-refractivity contribution in [1.29, 1.82) is 0 Å². The molecular weight excluding hydrogens is 404 g/mol. The van der Waals surface area contributed by atoms with Crippen molar-refractivity contribution in [3.05, 3.63) is 53.2 Å². The summed E-state index contributed by atoms with van der Waals surface area (Å²) in [5.41, 5.74) is 3.31. The molecule has 0 saturated carbocycles. The number of halogens is 1. The fourth-order valence-electron chi connectivity index (χ4n) is 3.09. The first-order chi connectivity index (χ1) is 14.5. The third kappa shape index (κ3) is 3.81. The molecule has 2 heterocycles. The Hall–Kier alpha value is -3.52. The van der Waals surface area contributed by atoms with Gasteiger partial charge in [0.25, 0.3) is 0 Å². The van der Waals surface area contributed by atoms with Crippen LogP contribution in [0, 0.1) is 6.92 Å². The SMILES string of the molecule is COc1ccc(Nc2nc(Nc3ccc(Cl)cc3C)c3cnn(C)c3n2)c(OC)c1. The van der Waals surface area contributed by atoms with Crippen LogP contribution in [0.3, 0.4) is 0 Å². The Morgan fingerprint density at radius 2 is 1.77 bits per heavy atom. The highest BCUT2D eigenvalue weighted by molar-refractivity contribution is 6.30. The molecule has 30 heavy (non-hydrogen) atoms. The van der Waals surface area contributed by atoms with Crippen LogP contribution in [-0.2, 0) is 7.05 Å². The number of hydrogen-bond acceptors (Lipinski definition) is 7. The number of anilines is 4. The Kier molecular flexibility index (Phi) is 5.33. The predicted octanol–water partition coefficient (Wildman–Crippen LogP) is 4.83. The molecule has 0 aliphatic carbocycles. The van der Waals surface area contributed by atoms with Crippen molar-refractivity contribution in [1.82, 2.24) is 19.7 Å². The summed E-state index contributed by atoms with van der Waals surface area (Å²) in [5, 5.41) is 12.4. The first kappa shape index (κ1) is 19.8. The van der Waals surface area contributed by atoms with E-state index in [2.05, 4.69) is 25.7 Å². The minimum absolute atomic E-state index is 0.406. The van der Waals surface area contributed by atoms with Crippen molar-refractivity contribution < 1.29 is 9.47 Å². The topological polar surface area (TPSA) is 86.1 Å². The summed E-state index contributed by atoms with van der Waals surface area (Å²) in [5.74, 6) is 2.35. The van der Waals surface area contributed by atoms with Gasteiger partial charge < -0.3 is 20.1 Å². The number of rotatable bonds is 6. The van der Waals surface area contributed by atoms with Crippen molar-refractivity contribution in [3.63, 3.8) is 0 Å². The molecule has 154 valence electrons. The molecule has 9 heteroatoms. The average Bonchev–Trinajstić information content (AvgIpc) is 3.11. The van der Waals surface area contributed by atoms with Crippen LogP contribution in [0.5, 0.6) is 11.5 Å². The second kappa shape index (κ2) is 8.08. The molecule has 0 saturated heterocycles. The van der Waals surface area contributed by atoms with Crippen molar-refractivity contribution >= 4 is 45.8 Å². The van der Waals surface area contributed by atoms with Crippen LogP contribution in [0.15, 0.2) is 42.6 Å². The second-order valence-electron chi connectivity index (χ2n) is 6.68. The average molecular weight is 425 g/mol. The molecule has 8 nitrogen and oxygen atoms in total. The Labute approximate surface area is 178 Å². The van der Waals surface area contributed by atoms with E-state index < -0.39 is 0 Å². The van der Waals surface area contributed by atoms with Gasteiger partial charge in [-0.25, -0.2) is 0 Å². The molecule has 0 aliphatic heterocycles. The zero-order chi connectivity index (χ0) is 21.3. The van der Waals surface area contributed by atoms with Gasteiger partial charge in [0.1, 0.15) is 17.3 Å². The molecule has 0 radical (unpaired) electrons. The first-order valence-corrected chi connectivity index (χ1v) is 9.58. The first-order valence-electron chi connectivity index (χ1n) is 9.20. The molecule has 2 aromatic carbocycles. The highest BCUT2D eigenvalue weighted by Gasteiger charge is 2.14. The van der Waals surface area contributed by atoms with Gasteiger partial charge in [0, 0.05) is 23.8 Å². The van der Waals surface area contributed by atoms with Crippen molar-refractivity contribution in [2.24, 2.45) is 7.05 Å². The summed E-state index contributed by atoms with van der Waals surface area (Å²) < 4.78 is 12.4. The van der Waals surface area contributed by atoms with Gasteiger partial charge >= 0.3 is 0 Å². The van der Waals surface area contributed by atoms with Gasteiger partial charge in [-0.1, -0.05) is 11.6 Å². The number of aryl methyl sites for hydroxylation is 2. The molecular formula is C21H21ClN6O2. The number of methoxy groups -OCH3 is 2. The largest absolute Gasteiger partial charge is 0.497 e. The molecule has 2 aromatic heterocycles. The van der Waals surface area contributed by atoms with Gasteiger partial charge in [-0.3, -0.25) is 4.68 Å². The van der Waals surface area contributed by atoms with Crippen molar-refractivity contribution in [3.8, 4) is 11.5 Å². The van der Waals surface area contributed by atoms with Crippen LogP contribution < -0.4 is 20.1 Å². The van der Waals surface area contributed by atoms with Crippen molar-refractivity contribution in [2.45, 2.75) is 6.92 Å². The maximum Gasteiger partial charge on any atom is 0.231 e. The Morgan fingerprint density at radius 1 is 0.967 bits per heavy atom. The fourth-order valence-corrected chi connectivity index (χ4v) is 3.32. The van der Waals surface area contributed by atoms with Gasteiger partial charge in [-0.2, -0.15) is 15.1 Å². The lowest BCUT2D eigenvalue weighted by Gasteiger charge is -2.14. The lowest BCUT2D eigenvalue weighted by Crippen LogP contribution is -2.05. The number of ether oxygens (including phenoxy) is 2. The minimum Gasteiger partial charge on any atom is -0.497 e. The molecule has 0 spiro atoms. The summed E-state index contributed by atoms with van der Waals surface area (Å²) >= 11 is 6.09. The van der Waals surface area contributed by atoms with E-state index in [0.29, 0.717) is 39.6 Å². The smallest absolute Gasteiger partial charge is 0.231 e. The van der Waals surface area contributed by atoms with Gasteiger partial charge in [0.15, 0.2) is 5.65 Å². The quantitative estimate of drug-likeness (QED) is 0.458. The van der Waals surface area contributed by atoms with Gasteiger partial charge in [-0.15, -0.1) is 0 Å². The van der Waals surface area contributed by atoms with E-state index in [4.69, 9.17) is 21.1 Å². The van der Waals surface area contributed by atoms with Crippen LogP contribution in [0.1, 0.15) is 5.56 Å². The van der Waals surface area contributed by atoms with Gasteiger partial charge in [-0.05, 0) is 42.8 Å². The van der Waals surface area contributed by atoms with E-state index >= 15 is 0 Å². The highest BCUT2D eigenvalue weighted by atomic mass is 35.5. The Morgan fingerprint density at radius 3 is 2.50 bits per heavy atom. The molecule has 4 rings (SSSR count).